The van der Waals surface area contributed by atoms with Crippen molar-refractivity contribution in [2.45, 2.75) is 76.0 Å². The smallest absolute Gasteiger partial charge is 0.165 e. The van der Waals surface area contributed by atoms with Crippen molar-refractivity contribution in [3.05, 3.63) is 23.3 Å². The molecule has 0 amide bonds. The molecule has 5 heteroatoms. The molecular weight excluding hydrogens is 378 g/mol. The summed E-state index contributed by atoms with van der Waals surface area (Å²) in [6.45, 7) is 8.39. The molecule has 0 unspecified atom stereocenters. The van der Waals surface area contributed by atoms with Crippen LogP contribution in [0.2, 0.25) is 0 Å². The van der Waals surface area contributed by atoms with Gasteiger partial charge in [-0.3, -0.25) is 9.69 Å². The Labute approximate surface area is 178 Å². The highest BCUT2D eigenvalue weighted by molar-refractivity contribution is 5.81. The Morgan fingerprint density at radius 1 is 1.33 bits per heavy atom. The van der Waals surface area contributed by atoms with Gasteiger partial charge in [-0.2, -0.15) is 0 Å². The molecule has 3 aliphatic carbocycles. The summed E-state index contributed by atoms with van der Waals surface area (Å²) in [5, 5.41) is 10.7. The Bertz CT molecular complexity index is 941. The van der Waals surface area contributed by atoms with Gasteiger partial charge in [-0.15, -0.1) is 0 Å². The first-order valence-electron chi connectivity index (χ1n) is 11.6. The highest BCUT2D eigenvalue weighted by Crippen LogP contribution is 2.71. The molecule has 1 aromatic rings. The molecular formula is C25H33NO4. The van der Waals surface area contributed by atoms with Gasteiger partial charge in [-0.1, -0.05) is 13.0 Å². The first-order valence-corrected chi connectivity index (χ1v) is 11.6. The number of hydrogen-bond acceptors (Lipinski definition) is 5. The molecule has 1 saturated heterocycles. The van der Waals surface area contributed by atoms with Gasteiger partial charge in [0.25, 0.3) is 0 Å². The Morgan fingerprint density at radius 2 is 2.10 bits per heavy atom. The molecule has 1 N–H and O–H groups in total. The summed E-state index contributed by atoms with van der Waals surface area (Å²) in [6.07, 6.45) is 5.21. The molecule has 3 fully saturated rings. The summed E-state index contributed by atoms with van der Waals surface area (Å²) in [4.78, 5) is 15.6. The lowest BCUT2D eigenvalue weighted by Gasteiger charge is -2.68. The monoisotopic (exact) mass is 411 g/mol. The number of rotatable bonds is 4. The second kappa shape index (κ2) is 5.80. The van der Waals surface area contributed by atoms with Crippen LogP contribution in [0.1, 0.15) is 57.6 Å². The molecule has 0 radical (unpaired) electrons. The lowest BCUT2D eigenvalue weighted by atomic mass is 9.40. The number of piperidine rings is 1. The Hall–Kier alpha value is -1.59. The lowest BCUT2D eigenvalue weighted by Crippen LogP contribution is -2.77. The van der Waals surface area contributed by atoms with E-state index in [1.807, 2.05) is 0 Å². The van der Waals surface area contributed by atoms with Crippen molar-refractivity contribution in [2.75, 3.05) is 20.2 Å². The van der Waals surface area contributed by atoms with E-state index in [1.54, 1.807) is 20.1 Å². The number of likely N-dealkylation sites (tertiary alicyclic amines) is 1. The van der Waals surface area contributed by atoms with Gasteiger partial charge in [-0.25, -0.2) is 0 Å². The van der Waals surface area contributed by atoms with Crippen LogP contribution in [0.5, 0.6) is 11.5 Å². The van der Waals surface area contributed by atoms with Gasteiger partial charge in [0.15, 0.2) is 11.5 Å². The van der Waals surface area contributed by atoms with Crippen LogP contribution in [0.3, 0.4) is 0 Å². The number of methoxy groups -OCH3 is 1. The van der Waals surface area contributed by atoms with E-state index in [0.29, 0.717) is 11.8 Å². The Balaban J connectivity index is 1.60. The molecule has 0 aromatic heterocycles. The predicted octanol–water partition coefficient (Wildman–Crippen LogP) is 3.45. The average Bonchev–Trinajstić information content (AvgIpc) is 3.44. The van der Waals surface area contributed by atoms with E-state index in [1.165, 1.54) is 30.5 Å². The fourth-order valence-corrected chi connectivity index (χ4v) is 7.99. The SMILES string of the molecule is CO[C@]1(C)[C@@H](C(C)=O)C[C@]2(C)[C@H]3Cc4ccc(O)c5c4[C@@]2(CCN3CC2CC2)[C@H]1O5. The van der Waals surface area contributed by atoms with Crippen molar-refractivity contribution in [2.24, 2.45) is 17.3 Å². The third-order valence-corrected chi connectivity index (χ3v) is 9.72. The van der Waals surface area contributed by atoms with Crippen LogP contribution < -0.4 is 4.74 Å². The minimum absolute atomic E-state index is 0.0920. The second-order valence-corrected chi connectivity index (χ2v) is 11.0. The number of carbonyl (C=O) groups excluding carboxylic acids is 1. The Kier molecular flexibility index (Phi) is 3.70. The molecule has 5 nitrogen and oxygen atoms in total. The molecule has 6 atom stereocenters. The van der Waals surface area contributed by atoms with E-state index in [-0.39, 0.29) is 34.4 Å². The molecule has 2 aliphatic heterocycles. The number of carbonyl (C=O) groups is 1. The van der Waals surface area contributed by atoms with Crippen LogP contribution >= 0.6 is 0 Å². The van der Waals surface area contributed by atoms with Crippen LogP contribution in [-0.2, 0) is 21.4 Å². The number of benzene rings is 1. The van der Waals surface area contributed by atoms with Gasteiger partial charge in [0.05, 0.1) is 5.92 Å². The number of ketones is 1. The van der Waals surface area contributed by atoms with Crippen LogP contribution in [-0.4, -0.2) is 53.7 Å². The number of ether oxygens (including phenoxy) is 2. The quantitative estimate of drug-likeness (QED) is 0.822. The van der Waals surface area contributed by atoms with Crippen molar-refractivity contribution in [3.8, 4) is 11.5 Å². The zero-order valence-electron chi connectivity index (χ0n) is 18.5. The van der Waals surface area contributed by atoms with Gasteiger partial charge in [0.1, 0.15) is 17.5 Å². The fraction of sp³-hybridized carbons (Fsp3) is 0.720. The highest BCUT2D eigenvalue weighted by Gasteiger charge is 2.76. The van der Waals surface area contributed by atoms with Crippen LogP contribution in [0.15, 0.2) is 12.1 Å². The normalized spacial score (nSPS) is 43.8. The van der Waals surface area contributed by atoms with E-state index >= 15 is 0 Å². The summed E-state index contributed by atoms with van der Waals surface area (Å²) < 4.78 is 12.8. The number of nitrogens with zero attached hydrogens (tertiary/aromatic N) is 1. The van der Waals surface area contributed by atoms with Gasteiger partial charge in [0.2, 0.25) is 0 Å². The maximum atomic E-state index is 12.9. The minimum atomic E-state index is -0.714. The topological polar surface area (TPSA) is 59.0 Å². The number of aromatic hydroxyl groups is 1. The number of hydrogen-bond donors (Lipinski definition) is 1. The van der Waals surface area contributed by atoms with E-state index in [4.69, 9.17) is 9.47 Å². The van der Waals surface area contributed by atoms with Crippen LogP contribution in [0.25, 0.3) is 0 Å². The maximum absolute atomic E-state index is 12.9. The first-order chi connectivity index (χ1) is 14.3. The van der Waals surface area contributed by atoms with Crippen molar-refractivity contribution < 1.29 is 19.4 Å². The summed E-state index contributed by atoms with van der Waals surface area (Å²) in [7, 11) is 1.71. The predicted molar refractivity (Wildman–Crippen MR) is 113 cm³/mol. The first kappa shape index (κ1) is 19.1. The number of phenols is 1. The largest absolute Gasteiger partial charge is 0.504 e. The van der Waals surface area contributed by atoms with E-state index in [2.05, 4.69) is 24.8 Å². The summed E-state index contributed by atoms with van der Waals surface area (Å²) in [5.41, 5.74) is 1.49. The van der Waals surface area contributed by atoms with Gasteiger partial charge >= 0.3 is 0 Å². The van der Waals surface area contributed by atoms with Crippen molar-refractivity contribution in [1.82, 2.24) is 4.90 Å². The van der Waals surface area contributed by atoms with Crippen molar-refractivity contribution in [3.63, 3.8) is 0 Å². The Morgan fingerprint density at radius 3 is 2.77 bits per heavy atom. The molecule has 2 saturated carbocycles. The third-order valence-electron chi connectivity index (χ3n) is 9.72. The van der Waals surface area contributed by atoms with Crippen LogP contribution in [0.4, 0.5) is 0 Å². The average molecular weight is 412 g/mol. The minimum Gasteiger partial charge on any atom is -0.504 e. The van der Waals surface area contributed by atoms with Gasteiger partial charge < -0.3 is 14.6 Å². The molecule has 30 heavy (non-hydrogen) atoms. The maximum Gasteiger partial charge on any atom is 0.165 e. The van der Waals surface area contributed by atoms with E-state index in [9.17, 15) is 9.90 Å². The molecule has 5 aliphatic rings. The molecule has 162 valence electrons. The fourth-order valence-electron chi connectivity index (χ4n) is 7.99. The molecule has 2 heterocycles. The van der Waals surface area contributed by atoms with Gasteiger partial charge in [0, 0.05) is 30.7 Å². The zero-order valence-corrected chi connectivity index (χ0v) is 18.5. The van der Waals surface area contributed by atoms with E-state index in [0.717, 1.165) is 31.7 Å². The van der Waals surface area contributed by atoms with Crippen LogP contribution in [0, 0.1) is 17.3 Å². The van der Waals surface area contributed by atoms with Crippen molar-refractivity contribution >= 4 is 5.78 Å². The van der Waals surface area contributed by atoms with E-state index < -0.39 is 5.60 Å². The van der Waals surface area contributed by atoms with Crippen molar-refractivity contribution in [1.29, 1.82) is 0 Å². The molecule has 1 spiro atoms. The molecule has 1 aromatic carbocycles. The standard InChI is InChI=1S/C25H33NO4/c1-14(27)17-12-23(2)19-11-16-7-8-18(28)21-20(16)25(23,22(30-21)24(17,3)29-4)9-10-26(19)13-15-5-6-15/h7-8,15,17,19,22,28H,5-6,9-13H2,1-4H3/t17-,19-,22+,23-,24-,25+/m1/s1. The summed E-state index contributed by atoms with van der Waals surface area (Å²) >= 11 is 0. The summed E-state index contributed by atoms with van der Waals surface area (Å²) in [5.74, 6) is 1.66. The molecule has 6 rings (SSSR count). The second-order valence-electron chi connectivity index (χ2n) is 11.0. The number of Topliss-reactive ketones (excluding diaryl/α,β-unsaturated/α-hetero) is 1. The lowest BCUT2D eigenvalue weighted by molar-refractivity contribution is -0.222. The zero-order chi connectivity index (χ0) is 21.1. The third kappa shape index (κ3) is 2.04. The van der Waals surface area contributed by atoms with Gasteiger partial charge in [-0.05, 0) is 75.5 Å². The number of phenolic OH excluding ortho intramolecular Hbond substituents is 1. The highest BCUT2D eigenvalue weighted by atomic mass is 16.6. The summed E-state index contributed by atoms with van der Waals surface area (Å²) in [6, 6.07) is 4.29. The molecule has 2 bridgehead atoms.